The summed E-state index contributed by atoms with van der Waals surface area (Å²) in [5, 5.41) is 14.6. The third-order valence-electron chi connectivity index (χ3n) is 3.98. The van der Waals surface area contributed by atoms with Crippen LogP contribution in [-0.4, -0.2) is 32.7 Å². The van der Waals surface area contributed by atoms with Gasteiger partial charge < -0.3 is 5.32 Å². The second kappa shape index (κ2) is 9.24. The number of benzene rings is 2. The molecule has 0 spiro atoms. The number of hydrogen-bond donors (Lipinski definition) is 1. The third kappa shape index (κ3) is 5.49. The lowest BCUT2D eigenvalue weighted by Gasteiger charge is -2.07. The number of nitrogens with zero attached hydrogens (tertiary/aromatic N) is 4. The molecule has 0 aliphatic heterocycles. The van der Waals surface area contributed by atoms with Gasteiger partial charge >= 0.3 is 0 Å². The molecule has 0 radical (unpaired) electrons. The molecular formula is C19H20BrN5O. The van der Waals surface area contributed by atoms with E-state index in [1.54, 1.807) is 4.68 Å². The molecule has 0 saturated carbocycles. The predicted octanol–water partition coefficient (Wildman–Crippen LogP) is 2.78. The van der Waals surface area contributed by atoms with Crippen LogP contribution in [-0.2, 0) is 24.2 Å². The number of nitrogens with one attached hydrogen (secondary N) is 1. The van der Waals surface area contributed by atoms with Crippen molar-refractivity contribution in [3.63, 3.8) is 0 Å². The van der Waals surface area contributed by atoms with Gasteiger partial charge in [-0.2, -0.15) is 0 Å². The number of rotatable bonds is 8. The topological polar surface area (TPSA) is 72.7 Å². The van der Waals surface area contributed by atoms with Crippen LogP contribution in [0.1, 0.15) is 23.4 Å². The summed E-state index contributed by atoms with van der Waals surface area (Å²) < 4.78 is 2.57. The fourth-order valence-corrected chi connectivity index (χ4v) is 2.88. The number of amides is 1. The van der Waals surface area contributed by atoms with Gasteiger partial charge in [-0.05, 0) is 46.5 Å². The predicted molar refractivity (Wildman–Crippen MR) is 103 cm³/mol. The summed E-state index contributed by atoms with van der Waals surface area (Å²) in [4.78, 5) is 12.1. The van der Waals surface area contributed by atoms with Crippen molar-refractivity contribution in [3.8, 4) is 0 Å². The Morgan fingerprint density at radius 2 is 1.81 bits per heavy atom. The second-order valence-electron chi connectivity index (χ2n) is 6.00. The Labute approximate surface area is 160 Å². The maximum absolute atomic E-state index is 12.1. The van der Waals surface area contributed by atoms with Crippen LogP contribution < -0.4 is 5.32 Å². The van der Waals surface area contributed by atoms with Gasteiger partial charge in [-0.1, -0.05) is 58.4 Å². The normalized spacial score (nSPS) is 10.7. The number of hydrogen-bond acceptors (Lipinski definition) is 4. The van der Waals surface area contributed by atoms with E-state index in [9.17, 15) is 4.79 Å². The van der Waals surface area contributed by atoms with E-state index in [1.807, 2.05) is 42.5 Å². The fourth-order valence-electron chi connectivity index (χ4n) is 2.61. The Hall–Kier alpha value is -2.54. The average molecular weight is 414 g/mol. The van der Waals surface area contributed by atoms with Crippen LogP contribution >= 0.6 is 15.9 Å². The van der Waals surface area contributed by atoms with Crippen LogP contribution in [0.2, 0.25) is 0 Å². The zero-order valence-corrected chi connectivity index (χ0v) is 15.9. The summed E-state index contributed by atoms with van der Waals surface area (Å²) in [7, 11) is 0. The molecular weight excluding hydrogens is 394 g/mol. The molecule has 0 aliphatic rings. The van der Waals surface area contributed by atoms with Crippen LogP contribution in [0.5, 0.6) is 0 Å². The number of aryl methyl sites for hydroxylation is 1. The van der Waals surface area contributed by atoms with E-state index < -0.39 is 0 Å². The van der Waals surface area contributed by atoms with Crippen LogP contribution in [0.3, 0.4) is 0 Å². The Bertz CT molecular complexity index is 833. The van der Waals surface area contributed by atoms with E-state index in [-0.39, 0.29) is 12.5 Å². The van der Waals surface area contributed by atoms with Gasteiger partial charge in [0, 0.05) is 17.4 Å². The third-order valence-corrected chi connectivity index (χ3v) is 4.51. The van der Waals surface area contributed by atoms with Gasteiger partial charge in [0.25, 0.3) is 0 Å². The molecule has 7 heteroatoms. The number of carbonyl (C=O) groups excluding carboxylic acids is 1. The highest BCUT2D eigenvalue weighted by Crippen LogP contribution is 2.12. The van der Waals surface area contributed by atoms with Crippen molar-refractivity contribution >= 4 is 21.8 Å². The van der Waals surface area contributed by atoms with Crippen molar-refractivity contribution in [2.75, 3.05) is 6.54 Å². The molecule has 1 heterocycles. The molecule has 3 rings (SSSR count). The zero-order valence-electron chi connectivity index (χ0n) is 14.3. The van der Waals surface area contributed by atoms with Crippen LogP contribution in [0.25, 0.3) is 0 Å². The summed E-state index contributed by atoms with van der Waals surface area (Å²) in [5.74, 6) is 0.592. The van der Waals surface area contributed by atoms with Gasteiger partial charge in [0.1, 0.15) is 6.54 Å². The monoisotopic (exact) mass is 413 g/mol. The van der Waals surface area contributed by atoms with Gasteiger partial charge in [-0.15, -0.1) is 5.10 Å². The highest BCUT2D eigenvalue weighted by molar-refractivity contribution is 9.10. The van der Waals surface area contributed by atoms with Crippen LogP contribution in [0, 0.1) is 0 Å². The van der Waals surface area contributed by atoms with Gasteiger partial charge in [-0.3, -0.25) is 4.79 Å². The average Bonchev–Trinajstić information content (AvgIpc) is 3.08. The lowest BCUT2D eigenvalue weighted by Crippen LogP contribution is -2.29. The molecule has 1 aromatic heterocycles. The summed E-state index contributed by atoms with van der Waals surface area (Å²) >= 11 is 3.42. The lowest BCUT2D eigenvalue weighted by molar-refractivity contribution is -0.121. The van der Waals surface area contributed by atoms with Crippen molar-refractivity contribution in [2.45, 2.75) is 25.8 Å². The first-order chi connectivity index (χ1) is 12.7. The quantitative estimate of drug-likeness (QED) is 0.576. The molecule has 2 aromatic carbocycles. The summed E-state index contributed by atoms with van der Waals surface area (Å²) in [5.41, 5.74) is 2.37. The Morgan fingerprint density at radius 3 is 2.58 bits per heavy atom. The zero-order chi connectivity index (χ0) is 18.2. The van der Waals surface area contributed by atoms with Gasteiger partial charge in [0.2, 0.25) is 5.91 Å². The number of halogens is 1. The van der Waals surface area contributed by atoms with Crippen molar-refractivity contribution in [1.29, 1.82) is 0 Å². The molecule has 3 aromatic rings. The van der Waals surface area contributed by atoms with Crippen molar-refractivity contribution in [3.05, 3.63) is 76.0 Å². The highest BCUT2D eigenvalue weighted by atomic mass is 79.9. The Kier molecular flexibility index (Phi) is 6.49. The molecule has 0 atom stereocenters. The van der Waals surface area contributed by atoms with E-state index in [1.165, 1.54) is 5.56 Å². The first-order valence-electron chi connectivity index (χ1n) is 8.51. The molecule has 26 heavy (non-hydrogen) atoms. The highest BCUT2D eigenvalue weighted by Gasteiger charge is 2.11. The van der Waals surface area contributed by atoms with Gasteiger partial charge in [0.15, 0.2) is 5.82 Å². The molecule has 6 nitrogen and oxygen atoms in total. The Balaban J connectivity index is 1.46. The van der Waals surface area contributed by atoms with Crippen LogP contribution in [0.15, 0.2) is 59.1 Å². The summed E-state index contributed by atoms with van der Waals surface area (Å²) in [6.07, 6.45) is 2.43. The maximum Gasteiger partial charge on any atom is 0.241 e. The fraction of sp³-hybridized carbons (Fsp3) is 0.263. The first kappa shape index (κ1) is 18.3. The Morgan fingerprint density at radius 1 is 1.04 bits per heavy atom. The largest absolute Gasteiger partial charge is 0.354 e. The maximum atomic E-state index is 12.1. The molecule has 134 valence electrons. The molecule has 0 bridgehead atoms. The number of aromatic nitrogens is 4. The SMILES string of the molecule is O=C(Cn1nnnc1Cc1ccc(Br)cc1)NCCCc1ccccc1. The lowest BCUT2D eigenvalue weighted by atomic mass is 10.1. The first-order valence-corrected chi connectivity index (χ1v) is 9.30. The van der Waals surface area contributed by atoms with Crippen LogP contribution in [0.4, 0.5) is 0 Å². The van der Waals surface area contributed by atoms with Crippen molar-refractivity contribution in [2.24, 2.45) is 0 Å². The summed E-state index contributed by atoms with van der Waals surface area (Å²) in [6, 6.07) is 18.2. The van der Waals surface area contributed by atoms with Gasteiger partial charge in [-0.25, -0.2) is 4.68 Å². The van der Waals surface area contributed by atoms with E-state index in [4.69, 9.17) is 0 Å². The van der Waals surface area contributed by atoms with Crippen molar-refractivity contribution < 1.29 is 4.79 Å². The van der Waals surface area contributed by atoms with E-state index >= 15 is 0 Å². The van der Waals surface area contributed by atoms with Crippen molar-refractivity contribution in [1.82, 2.24) is 25.5 Å². The smallest absolute Gasteiger partial charge is 0.241 e. The second-order valence-corrected chi connectivity index (χ2v) is 6.91. The standard InChI is InChI=1S/C19H20BrN5O/c20-17-10-8-16(9-11-17)13-18-22-23-24-25(18)14-19(26)21-12-4-7-15-5-2-1-3-6-15/h1-3,5-6,8-11H,4,7,12-14H2,(H,21,26). The van der Waals surface area contributed by atoms with Gasteiger partial charge in [0.05, 0.1) is 0 Å². The molecule has 0 fully saturated rings. The van der Waals surface area contributed by atoms with E-state index in [0.29, 0.717) is 18.8 Å². The molecule has 1 amide bonds. The molecule has 1 N–H and O–H groups in total. The van der Waals surface area contributed by atoms with E-state index in [0.717, 1.165) is 22.9 Å². The molecule has 0 aliphatic carbocycles. The summed E-state index contributed by atoms with van der Waals surface area (Å²) in [6.45, 7) is 0.766. The minimum Gasteiger partial charge on any atom is -0.354 e. The number of carbonyl (C=O) groups is 1. The molecule has 0 unspecified atom stereocenters. The van der Waals surface area contributed by atoms with E-state index in [2.05, 4.69) is 48.9 Å². The number of tetrazole rings is 1. The minimum atomic E-state index is -0.0811. The molecule has 0 saturated heterocycles. The minimum absolute atomic E-state index is 0.0811.